The molecule has 0 bridgehead atoms. The van der Waals surface area contributed by atoms with Crippen LogP contribution in [0.1, 0.15) is 45.6 Å². The maximum Gasteiger partial charge on any atom is 0.410 e. The first-order valence-corrected chi connectivity index (χ1v) is 9.52. The van der Waals surface area contributed by atoms with E-state index in [1.807, 2.05) is 37.8 Å². The second-order valence-electron chi connectivity index (χ2n) is 8.36. The van der Waals surface area contributed by atoms with Gasteiger partial charge in [-0.25, -0.2) is 4.79 Å². The van der Waals surface area contributed by atoms with Crippen LogP contribution in [0.5, 0.6) is 0 Å². The van der Waals surface area contributed by atoms with E-state index in [-0.39, 0.29) is 16.9 Å². The molecular weight excluding hydrogens is 359 g/mol. The Morgan fingerprint density at radius 2 is 2.04 bits per heavy atom. The van der Waals surface area contributed by atoms with E-state index in [1.54, 1.807) is 0 Å². The predicted octanol–water partition coefficient (Wildman–Crippen LogP) is 4.61. The van der Waals surface area contributed by atoms with Gasteiger partial charge in [0.2, 0.25) is 0 Å². The second-order valence-corrected chi connectivity index (χ2v) is 9.17. The molecule has 25 heavy (non-hydrogen) atoms. The third-order valence-electron chi connectivity index (χ3n) is 5.58. The van der Waals surface area contributed by atoms with E-state index in [4.69, 9.17) is 33.7 Å². The van der Waals surface area contributed by atoms with Crippen LogP contribution in [0, 0.1) is 5.41 Å². The van der Waals surface area contributed by atoms with Crippen LogP contribution in [0.3, 0.4) is 0 Å². The molecule has 1 amide bonds. The fraction of sp³-hybridized carbons (Fsp3) is 0.632. The summed E-state index contributed by atoms with van der Waals surface area (Å²) in [6, 6.07) is 5.90. The lowest BCUT2D eigenvalue weighted by molar-refractivity contribution is 0.0134. The predicted molar refractivity (Wildman–Crippen MR) is 101 cm³/mol. The molecule has 0 aromatic heterocycles. The highest BCUT2D eigenvalue weighted by Crippen LogP contribution is 2.70. The van der Waals surface area contributed by atoms with Gasteiger partial charge in [0.15, 0.2) is 0 Å². The number of piperidine rings is 1. The highest BCUT2D eigenvalue weighted by atomic mass is 35.5. The Morgan fingerprint density at radius 1 is 1.32 bits per heavy atom. The van der Waals surface area contributed by atoms with Gasteiger partial charge in [-0.3, -0.25) is 0 Å². The lowest BCUT2D eigenvalue weighted by Crippen LogP contribution is -2.47. The quantitative estimate of drug-likeness (QED) is 0.827. The van der Waals surface area contributed by atoms with Crippen molar-refractivity contribution in [2.45, 2.75) is 51.0 Å². The number of amides is 1. The van der Waals surface area contributed by atoms with E-state index in [9.17, 15) is 4.79 Å². The van der Waals surface area contributed by atoms with Crippen molar-refractivity contribution in [3.05, 3.63) is 33.8 Å². The van der Waals surface area contributed by atoms with E-state index < -0.39 is 5.60 Å². The number of hydrogen-bond donors (Lipinski definition) is 1. The zero-order valence-corrected chi connectivity index (χ0v) is 16.6. The fourth-order valence-corrected chi connectivity index (χ4v) is 4.67. The summed E-state index contributed by atoms with van der Waals surface area (Å²) in [4.78, 5) is 14.3. The summed E-state index contributed by atoms with van der Waals surface area (Å²) in [7, 11) is 0. The van der Waals surface area contributed by atoms with Crippen LogP contribution in [0.25, 0.3) is 0 Å². The summed E-state index contributed by atoms with van der Waals surface area (Å²) in [5.41, 5.74) is 6.67. The maximum absolute atomic E-state index is 12.5. The second kappa shape index (κ2) is 6.33. The zero-order chi connectivity index (χ0) is 18.5. The first-order valence-electron chi connectivity index (χ1n) is 8.76. The van der Waals surface area contributed by atoms with Gasteiger partial charge < -0.3 is 15.4 Å². The number of nitrogens with two attached hydrogens (primary N) is 1. The summed E-state index contributed by atoms with van der Waals surface area (Å²) in [6.07, 6.45) is 2.56. The molecule has 1 aliphatic carbocycles. The average Bonchev–Trinajstić information content (AvgIpc) is 3.17. The van der Waals surface area contributed by atoms with Gasteiger partial charge in [-0.15, -0.1) is 0 Å². The molecule has 1 saturated heterocycles. The van der Waals surface area contributed by atoms with Crippen molar-refractivity contribution in [1.82, 2.24) is 4.90 Å². The first kappa shape index (κ1) is 18.8. The molecule has 1 aliphatic heterocycles. The Bertz CT molecular complexity index is 688. The van der Waals surface area contributed by atoms with E-state index in [0.29, 0.717) is 29.7 Å². The van der Waals surface area contributed by atoms with Crippen LogP contribution < -0.4 is 5.73 Å². The Morgan fingerprint density at radius 3 is 2.64 bits per heavy atom. The van der Waals surface area contributed by atoms with E-state index in [0.717, 1.165) is 19.3 Å². The minimum atomic E-state index is -0.486. The Hall–Kier alpha value is -0.970. The Balaban J connectivity index is 1.83. The van der Waals surface area contributed by atoms with Crippen molar-refractivity contribution in [2.24, 2.45) is 11.1 Å². The molecule has 4 nitrogen and oxygen atoms in total. The number of benzene rings is 1. The summed E-state index contributed by atoms with van der Waals surface area (Å²) >= 11 is 12.3. The molecule has 0 radical (unpaired) electrons. The number of halogens is 2. The van der Waals surface area contributed by atoms with Crippen LogP contribution in [-0.2, 0) is 10.2 Å². The number of ether oxygens (including phenoxy) is 1. The summed E-state index contributed by atoms with van der Waals surface area (Å²) < 4.78 is 5.56. The van der Waals surface area contributed by atoms with Crippen molar-refractivity contribution in [1.29, 1.82) is 0 Å². The highest BCUT2D eigenvalue weighted by molar-refractivity contribution is 6.42. The normalized spacial score (nSPS) is 28.5. The van der Waals surface area contributed by atoms with Gasteiger partial charge in [-0.05, 0) is 69.7 Å². The summed E-state index contributed by atoms with van der Waals surface area (Å²) in [5, 5.41) is 1.15. The third-order valence-corrected chi connectivity index (χ3v) is 6.32. The van der Waals surface area contributed by atoms with Crippen LogP contribution in [0.4, 0.5) is 4.79 Å². The number of fused-ring (bicyclic) bond motifs is 1. The number of carbonyl (C=O) groups is 1. The van der Waals surface area contributed by atoms with Gasteiger partial charge in [-0.2, -0.15) is 0 Å². The molecule has 1 aromatic carbocycles. The van der Waals surface area contributed by atoms with Crippen molar-refractivity contribution in [2.75, 3.05) is 19.6 Å². The van der Waals surface area contributed by atoms with Gasteiger partial charge in [-0.1, -0.05) is 29.3 Å². The van der Waals surface area contributed by atoms with E-state index >= 15 is 0 Å². The van der Waals surface area contributed by atoms with Gasteiger partial charge in [0, 0.05) is 18.5 Å². The summed E-state index contributed by atoms with van der Waals surface area (Å²) in [5.74, 6) is 0. The maximum atomic E-state index is 12.5. The van der Waals surface area contributed by atoms with Crippen LogP contribution in [-0.4, -0.2) is 36.2 Å². The highest BCUT2D eigenvalue weighted by Gasteiger charge is 2.69. The molecule has 2 N–H and O–H groups in total. The lowest BCUT2D eigenvalue weighted by Gasteiger charge is -2.39. The molecule has 1 aromatic rings. The molecule has 2 fully saturated rings. The van der Waals surface area contributed by atoms with Gasteiger partial charge >= 0.3 is 6.09 Å². The SMILES string of the molecule is CC(C)(C)OC(=O)N1CC[C@]2(c3ccc(Cl)c(Cl)c3)C[C@]2(CCN)C1. The smallest absolute Gasteiger partial charge is 0.410 e. The number of hydrogen-bond acceptors (Lipinski definition) is 3. The lowest BCUT2D eigenvalue weighted by atomic mass is 9.79. The van der Waals surface area contributed by atoms with Gasteiger partial charge in [0.05, 0.1) is 10.0 Å². The molecular formula is C19H26Cl2N2O2. The summed E-state index contributed by atoms with van der Waals surface area (Å²) in [6.45, 7) is 7.64. The molecule has 1 heterocycles. The zero-order valence-electron chi connectivity index (χ0n) is 15.1. The molecule has 3 rings (SSSR count). The third kappa shape index (κ3) is 3.36. The van der Waals surface area contributed by atoms with Crippen LogP contribution in [0.2, 0.25) is 10.0 Å². The van der Waals surface area contributed by atoms with Gasteiger partial charge in [0.1, 0.15) is 5.60 Å². The Kier molecular flexibility index (Phi) is 4.76. The molecule has 138 valence electrons. The van der Waals surface area contributed by atoms with Crippen molar-refractivity contribution in [3.63, 3.8) is 0 Å². The molecule has 0 unspecified atom stereocenters. The van der Waals surface area contributed by atoms with Crippen LogP contribution >= 0.6 is 23.2 Å². The van der Waals surface area contributed by atoms with Crippen LogP contribution in [0.15, 0.2) is 18.2 Å². The van der Waals surface area contributed by atoms with E-state index in [2.05, 4.69) is 6.07 Å². The standard InChI is InChI=1S/C19H26Cl2N2O2/c1-17(2,3)25-16(24)23-9-7-19(11-18(19,12-23)6-8-22)13-4-5-14(20)15(21)10-13/h4-5,10H,6-9,11-12,22H2,1-3H3/t18-,19-/m1/s1. The molecule has 2 atom stereocenters. The average molecular weight is 385 g/mol. The minimum absolute atomic E-state index is 0.00800. The molecule has 2 aliphatic rings. The molecule has 6 heteroatoms. The number of carbonyl (C=O) groups excluding carboxylic acids is 1. The van der Waals surface area contributed by atoms with Gasteiger partial charge in [0.25, 0.3) is 0 Å². The van der Waals surface area contributed by atoms with E-state index in [1.165, 1.54) is 5.56 Å². The number of nitrogens with zero attached hydrogens (tertiary/aromatic N) is 1. The first-order chi connectivity index (χ1) is 11.6. The largest absolute Gasteiger partial charge is 0.444 e. The topological polar surface area (TPSA) is 55.6 Å². The van der Waals surface area contributed by atoms with Crippen molar-refractivity contribution < 1.29 is 9.53 Å². The molecule has 0 spiro atoms. The van der Waals surface area contributed by atoms with Crippen molar-refractivity contribution >= 4 is 29.3 Å². The monoisotopic (exact) mass is 384 g/mol. The number of likely N-dealkylation sites (tertiary alicyclic amines) is 1. The fourth-order valence-electron chi connectivity index (χ4n) is 4.38. The minimum Gasteiger partial charge on any atom is -0.444 e. The number of rotatable bonds is 3. The molecule has 1 saturated carbocycles. The Labute approximate surface area is 159 Å². The van der Waals surface area contributed by atoms with Crippen molar-refractivity contribution in [3.8, 4) is 0 Å².